The fraction of sp³-hybridized carbons (Fsp3) is 1.00. The molecule has 0 heteroatoms. The standard InChI is InChI=1S/C15H30/c1-4-11-15(3)12-8-6-5-7-9-14(2)10-13-15/h14H,4-13H2,1-3H3. The molecule has 1 saturated carbocycles. The zero-order valence-electron chi connectivity index (χ0n) is 11.1. The molecule has 0 N–H and O–H groups in total. The van der Waals surface area contributed by atoms with Crippen LogP contribution in [0.25, 0.3) is 0 Å². The third-order valence-corrected chi connectivity index (χ3v) is 4.32. The molecular weight excluding hydrogens is 180 g/mol. The Kier molecular flexibility index (Phi) is 5.71. The molecule has 1 aliphatic rings. The summed E-state index contributed by atoms with van der Waals surface area (Å²) in [5.74, 6) is 0.972. The Morgan fingerprint density at radius 1 is 1.00 bits per heavy atom. The Morgan fingerprint density at radius 2 is 1.73 bits per heavy atom. The lowest BCUT2D eigenvalue weighted by atomic mass is 9.74. The summed E-state index contributed by atoms with van der Waals surface area (Å²) in [6.07, 6.45) is 14.6. The Morgan fingerprint density at radius 3 is 2.47 bits per heavy atom. The van der Waals surface area contributed by atoms with E-state index in [1.54, 1.807) is 0 Å². The van der Waals surface area contributed by atoms with Gasteiger partial charge in [-0.3, -0.25) is 0 Å². The summed E-state index contributed by atoms with van der Waals surface area (Å²) in [6, 6.07) is 0. The van der Waals surface area contributed by atoms with E-state index < -0.39 is 0 Å². The summed E-state index contributed by atoms with van der Waals surface area (Å²) >= 11 is 0. The molecule has 0 amide bonds. The highest BCUT2D eigenvalue weighted by Crippen LogP contribution is 2.37. The molecule has 1 aliphatic carbocycles. The van der Waals surface area contributed by atoms with Gasteiger partial charge in [-0.15, -0.1) is 0 Å². The monoisotopic (exact) mass is 210 g/mol. The van der Waals surface area contributed by atoms with Gasteiger partial charge in [-0.2, -0.15) is 0 Å². The minimum Gasteiger partial charge on any atom is -0.0654 e. The van der Waals surface area contributed by atoms with Crippen LogP contribution in [0.2, 0.25) is 0 Å². The first-order valence-corrected chi connectivity index (χ1v) is 7.16. The summed E-state index contributed by atoms with van der Waals surface area (Å²) in [5, 5.41) is 0. The number of hydrogen-bond acceptors (Lipinski definition) is 0. The summed E-state index contributed by atoms with van der Waals surface area (Å²) in [4.78, 5) is 0. The molecule has 0 spiro atoms. The van der Waals surface area contributed by atoms with E-state index in [0.29, 0.717) is 5.41 Å². The predicted molar refractivity (Wildman–Crippen MR) is 69.1 cm³/mol. The van der Waals surface area contributed by atoms with Gasteiger partial charge in [0.1, 0.15) is 0 Å². The van der Waals surface area contributed by atoms with Gasteiger partial charge in [0, 0.05) is 0 Å². The summed E-state index contributed by atoms with van der Waals surface area (Å²) in [7, 11) is 0. The second-order valence-corrected chi connectivity index (χ2v) is 6.16. The quantitative estimate of drug-likeness (QED) is 0.559. The number of rotatable bonds is 2. The summed E-state index contributed by atoms with van der Waals surface area (Å²) in [5.41, 5.74) is 0.667. The molecule has 0 aromatic heterocycles. The molecule has 0 aromatic rings. The molecule has 0 aromatic carbocycles. The maximum absolute atomic E-state index is 2.53. The Hall–Kier alpha value is 0. The average molecular weight is 210 g/mol. The van der Waals surface area contributed by atoms with Crippen LogP contribution in [0.5, 0.6) is 0 Å². The molecular formula is C15H30. The maximum Gasteiger partial charge on any atom is -0.0326 e. The van der Waals surface area contributed by atoms with Gasteiger partial charge in [0.2, 0.25) is 0 Å². The molecule has 2 atom stereocenters. The van der Waals surface area contributed by atoms with Crippen LogP contribution in [-0.2, 0) is 0 Å². The second-order valence-electron chi connectivity index (χ2n) is 6.16. The number of hydrogen-bond donors (Lipinski definition) is 0. The van der Waals surface area contributed by atoms with Crippen LogP contribution in [0.15, 0.2) is 0 Å². The van der Waals surface area contributed by atoms with Crippen molar-refractivity contribution in [2.75, 3.05) is 0 Å². The van der Waals surface area contributed by atoms with Crippen molar-refractivity contribution < 1.29 is 0 Å². The molecule has 0 saturated heterocycles. The Bertz CT molecular complexity index is 161. The van der Waals surface area contributed by atoms with Gasteiger partial charge in [-0.25, -0.2) is 0 Å². The van der Waals surface area contributed by atoms with Gasteiger partial charge in [-0.1, -0.05) is 65.7 Å². The topological polar surface area (TPSA) is 0 Å². The van der Waals surface area contributed by atoms with Gasteiger partial charge in [0.25, 0.3) is 0 Å². The Balaban J connectivity index is 2.46. The molecule has 0 nitrogen and oxygen atoms in total. The molecule has 0 aliphatic heterocycles. The van der Waals surface area contributed by atoms with Crippen LogP contribution >= 0.6 is 0 Å². The zero-order valence-corrected chi connectivity index (χ0v) is 11.1. The van der Waals surface area contributed by atoms with E-state index in [0.717, 1.165) is 5.92 Å². The van der Waals surface area contributed by atoms with Crippen molar-refractivity contribution >= 4 is 0 Å². The van der Waals surface area contributed by atoms with Crippen LogP contribution in [0.1, 0.15) is 85.0 Å². The fourth-order valence-corrected chi connectivity index (χ4v) is 3.12. The molecule has 0 radical (unpaired) electrons. The zero-order chi connectivity index (χ0) is 11.1. The molecule has 1 fully saturated rings. The van der Waals surface area contributed by atoms with E-state index in [4.69, 9.17) is 0 Å². The summed E-state index contributed by atoms with van der Waals surface area (Å²) in [6.45, 7) is 7.33. The molecule has 0 heterocycles. The van der Waals surface area contributed by atoms with Crippen molar-refractivity contribution in [1.82, 2.24) is 0 Å². The highest BCUT2D eigenvalue weighted by atomic mass is 14.3. The SMILES string of the molecule is CCCC1(C)CCCCCCC(C)CC1. The average Bonchev–Trinajstić information content (AvgIpc) is 2.21. The van der Waals surface area contributed by atoms with Crippen molar-refractivity contribution in [2.24, 2.45) is 11.3 Å². The van der Waals surface area contributed by atoms with Crippen LogP contribution in [0.3, 0.4) is 0 Å². The van der Waals surface area contributed by atoms with E-state index in [1.165, 1.54) is 64.2 Å². The second kappa shape index (κ2) is 6.55. The lowest BCUT2D eigenvalue weighted by Crippen LogP contribution is -2.18. The smallest absolute Gasteiger partial charge is 0.0326 e. The van der Waals surface area contributed by atoms with Crippen molar-refractivity contribution in [3.8, 4) is 0 Å². The van der Waals surface area contributed by atoms with Gasteiger partial charge in [0.15, 0.2) is 0 Å². The van der Waals surface area contributed by atoms with Gasteiger partial charge < -0.3 is 0 Å². The lowest BCUT2D eigenvalue weighted by molar-refractivity contribution is 0.208. The lowest BCUT2D eigenvalue weighted by Gasteiger charge is -2.31. The largest absolute Gasteiger partial charge is 0.0654 e. The third-order valence-electron chi connectivity index (χ3n) is 4.32. The predicted octanol–water partition coefficient (Wildman–Crippen LogP) is 5.56. The highest BCUT2D eigenvalue weighted by Gasteiger charge is 2.23. The maximum atomic E-state index is 2.53. The van der Waals surface area contributed by atoms with Crippen molar-refractivity contribution in [3.63, 3.8) is 0 Å². The van der Waals surface area contributed by atoms with Crippen LogP contribution in [0.4, 0.5) is 0 Å². The molecule has 1 rings (SSSR count). The van der Waals surface area contributed by atoms with Gasteiger partial charge in [-0.05, 0) is 30.6 Å². The molecule has 0 bridgehead atoms. The third kappa shape index (κ3) is 5.04. The first-order valence-electron chi connectivity index (χ1n) is 7.16. The molecule has 2 unspecified atom stereocenters. The van der Waals surface area contributed by atoms with E-state index in [9.17, 15) is 0 Å². The van der Waals surface area contributed by atoms with Crippen LogP contribution in [0, 0.1) is 11.3 Å². The Labute approximate surface area is 96.8 Å². The van der Waals surface area contributed by atoms with E-state index in [1.807, 2.05) is 0 Å². The molecule has 90 valence electrons. The first kappa shape index (κ1) is 13.1. The van der Waals surface area contributed by atoms with Crippen molar-refractivity contribution in [2.45, 2.75) is 85.0 Å². The molecule has 15 heavy (non-hydrogen) atoms. The van der Waals surface area contributed by atoms with Gasteiger partial charge in [0.05, 0.1) is 0 Å². The minimum atomic E-state index is 0.667. The normalized spacial score (nSPS) is 35.0. The van der Waals surface area contributed by atoms with E-state index in [2.05, 4.69) is 20.8 Å². The van der Waals surface area contributed by atoms with Crippen LogP contribution in [-0.4, -0.2) is 0 Å². The van der Waals surface area contributed by atoms with Crippen LogP contribution < -0.4 is 0 Å². The fourth-order valence-electron chi connectivity index (χ4n) is 3.12. The van der Waals surface area contributed by atoms with Crippen molar-refractivity contribution in [1.29, 1.82) is 0 Å². The van der Waals surface area contributed by atoms with Gasteiger partial charge >= 0.3 is 0 Å². The van der Waals surface area contributed by atoms with Crippen molar-refractivity contribution in [3.05, 3.63) is 0 Å². The summed E-state index contributed by atoms with van der Waals surface area (Å²) < 4.78 is 0. The first-order chi connectivity index (χ1) is 7.16. The highest BCUT2D eigenvalue weighted by molar-refractivity contribution is 4.76. The van der Waals surface area contributed by atoms with E-state index in [-0.39, 0.29) is 0 Å². The minimum absolute atomic E-state index is 0.667. The van der Waals surface area contributed by atoms with E-state index >= 15 is 0 Å².